The summed E-state index contributed by atoms with van der Waals surface area (Å²) >= 11 is 4.20. The highest BCUT2D eigenvalue weighted by molar-refractivity contribution is 7.80. The van der Waals surface area contributed by atoms with E-state index in [-0.39, 0.29) is 0 Å². The van der Waals surface area contributed by atoms with Crippen LogP contribution >= 0.6 is 12.6 Å². The molecule has 0 aromatic heterocycles. The maximum absolute atomic E-state index is 13.5. The van der Waals surface area contributed by atoms with Crippen LogP contribution in [0.25, 0.3) is 0 Å². The Bertz CT molecular complexity index is 286. The molecular weight excluding hydrogens is 171 g/mol. The highest BCUT2D eigenvalue weighted by Gasteiger charge is 2.20. The van der Waals surface area contributed by atoms with Crippen LogP contribution in [-0.4, -0.2) is 0 Å². The molecule has 0 aliphatic rings. The molecule has 0 nitrogen and oxygen atoms in total. The first-order valence-electron chi connectivity index (χ1n) is 3.90. The van der Waals surface area contributed by atoms with Gasteiger partial charge in [-0.25, -0.2) is 4.39 Å². The summed E-state index contributed by atoms with van der Waals surface area (Å²) in [5, 5.41) is 0. The number of hydrogen-bond acceptors (Lipinski definition) is 1. The molecular formula is C10H13FS. The summed E-state index contributed by atoms with van der Waals surface area (Å²) in [4.78, 5) is 0.716. The second-order valence-electron chi connectivity index (χ2n) is 3.49. The number of halogens is 1. The van der Waals surface area contributed by atoms with E-state index >= 15 is 0 Å². The smallest absolute Gasteiger partial charge is 0.131 e. The molecule has 0 unspecified atom stereocenters. The first-order valence-corrected chi connectivity index (χ1v) is 4.35. The van der Waals surface area contributed by atoms with Crippen molar-refractivity contribution >= 4 is 12.6 Å². The number of hydrogen-bond donors (Lipinski definition) is 1. The Balaban J connectivity index is 3.23. The normalized spacial score (nSPS) is 11.8. The van der Waals surface area contributed by atoms with Crippen LogP contribution in [0, 0.1) is 6.92 Å². The zero-order valence-electron chi connectivity index (χ0n) is 7.56. The predicted molar refractivity (Wildman–Crippen MR) is 52.6 cm³/mol. The lowest BCUT2D eigenvalue weighted by Crippen LogP contribution is -2.10. The van der Waals surface area contributed by atoms with Gasteiger partial charge in [-0.3, -0.25) is 0 Å². The van der Waals surface area contributed by atoms with Gasteiger partial charge in [0.1, 0.15) is 5.67 Å². The largest absolute Gasteiger partial charge is 0.239 e. The Morgan fingerprint density at radius 2 is 1.92 bits per heavy atom. The summed E-state index contributed by atoms with van der Waals surface area (Å²) in [5.41, 5.74) is 0.419. The van der Waals surface area contributed by atoms with Gasteiger partial charge in [0.05, 0.1) is 0 Å². The van der Waals surface area contributed by atoms with Crippen molar-refractivity contribution < 1.29 is 4.39 Å². The molecule has 0 heterocycles. The molecule has 0 saturated heterocycles. The Morgan fingerprint density at radius 1 is 1.33 bits per heavy atom. The van der Waals surface area contributed by atoms with E-state index in [2.05, 4.69) is 12.6 Å². The SMILES string of the molecule is Cc1ccc(S)c(C(C)(C)F)c1. The molecule has 1 aromatic rings. The third kappa shape index (κ3) is 2.01. The van der Waals surface area contributed by atoms with Crippen molar-refractivity contribution in [2.45, 2.75) is 31.3 Å². The fourth-order valence-corrected chi connectivity index (χ4v) is 1.53. The Kier molecular flexibility index (Phi) is 2.47. The Labute approximate surface area is 78.2 Å². The van der Waals surface area contributed by atoms with E-state index in [1.54, 1.807) is 13.8 Å². The van der Waals surface area contributed by atoms with Gasteiger partial charge in [-0.15, -0.1) is 12.6 Å². The van der Waals surface area contributed by atoms with Crippen molar-refractivity contribution in [3.05, 3.63) is 29.3 Å². The monoisotopic (exact) mass is 184 g/mol. The molecule has 0 aliphatic heterocycles. The number of aryl methyl sites for hydroxylation is 1. The van der Waals surface area contributed by atoms with Crippen molar-refractivity contribution in [1.29, 1.82) is 0 Å². The second kappa shape index (κ2) is 3.09. The van der Waals surface area contributed by atoms with Crippen molar-refractivity contribution in [3.63, 3.8) is 0 Å². The van der Waals surface area contributed by atoms with Crippen molar-refractivity contribution in [3.8, 4) is 0 Å². The number of rotatable bonds is 1. The van der Waals surface area contributed by atoms with Crippen LogP contribution in [0.3, 0.4) is 0 Å². The maximum Gasteiger partial charge on any atom is 0.131 e. The van der Waals surface area contributed by atoms with Gasteiger partial charge >= 0.3 is 0 Å². The lowest BCUT2D eigenvalue weighted by Gasteiger charge is -2.17. The standard InChI is InChI=1S/C10H13FS/c1-7-4-5-9(12)8(6-7)10(2,3)11/h4-6,12H,1-3H3. The molecule has 0 saturated carbocycles. The average Bonchev–Trinajstić information content (AvgIpc) is 1.92. The second-order valence-corrected chi connectivity index (χ2v) is 3.97. The molecule has 0 spiro atoms. The molecule has 2 heteroatoms. The third-order valence-corrected chi connectivity index (χ3v) is 2.18. The zero-order chi connectivity index (χ0) is 9.35. The van der Waals surface area contributed by atoms with E-state index in [4.69, 9.17) is 0 Å². The van der Waals surface area contributed by atoms with Gasteiger partial charge < -0.3 is 0 Å². The fraction of sp³-hybridized carbons (Fsp3) is 0.400. The summed E-state index contributed by atoms with van der Waals surface area (Å²) in [5.74, 6) is 0. The van der Waals surface area contributed by atoms with Crippen LogP contribution in [0.2, 0.25) is 0 Å². The van der Waals surface area contributed by atoms with E-state index < -0.39 is 5.67 Å². The summed E-state index contributed by atoms with van der Waals surface area (Å²) in [6, 6.07) is 5.59. The van der Waals surface area contributed by atoms with Gasteiger partial charge in [-0.2, -0.15) is 0 Å². The minimum Gasteiger partial charge on any atom is -0.239 e. The van der Waals surface area contributed by atoms with Crippen molar-refractivity contribution in [2.75, 3.05) is 0 Å². The first-order chi connectivity index (χ1) is 5.41. The molecule has 0 atom stereocenters. The van der Waals surface area contributed by atoms with E-state index in [0.717, 1.165) is 5.56 Å². The highest BCUT2D eigenvalue weighted by atomic mass is 32.1. The molecule has 0 bridgehead atoms. The van der Waals surface area contributed by atoms with E-state index in [1.165, 1.54) is 0 Å². The van der Waals surface area contributed by atoms with Crippen LogP contribution in [0.15, 0.2) is 23.1 Å². The van der Waals surface area contributed by atoms with Gasteiger partial charge in [-0.05, 0) is 26.8 Å². The van der Waals surface area contributed by atoms with E-state index in [9.17, 15) is 4.39 Å². The van der Waals surface area contributed by atoms with Crippen LogP contribution in [0.4, 0.5) is 4.39 Å². The quantitative estimate of drug-likeness (QED) is 0.635. The number of thiol groups is 1. The molecule has 1 aromatic carbocycles. The lowest BCUT2D eigenvalue weighted by molar-refractivity contribution is 0.217. The Morgan fingerprint density at radius 3 is 2.33 bits per heavy atom. The summed E-state index contributed by atoms with van der Waals surface area (Å²) in [6.45, 7) is 5.03. The van der Waals surface area contributed by atoms with Gasteiger partial charge in [-0.1, -0.05) is 17.7 Å². The Hall–Kier alpha value is -0.500. The molecule has 12 heavy (non-hydrogen) atoms. The van der Waals surface area contributed by atoms with Crippen molar-refractivity contribution in [1.82, 2.24) is 0 Å². The first kappa shape index (κ1) is 9.59. The van der Waals surface area contributed by atoms with Crippen molar-refractivity contribution in [2.24, 2.45) is 0 Å². The number of alkyl halides is 1. The summed E-state index contributed by atoms with van der Waals surface area (Å²) in [7, 11) is 0. The van der Waals surface area contributed by atoms with Gasteiger partial charge in [0, 0.05) is 10.5 Å². The van der Waals surface area contributed by atoms with Crippen LogP contribution in [0.1, 0.15) is 25.0 Å². The van der Waals surface area contributed by atoms with Gasteiger partial charge in [0.25, 0.3) is 0 Å². The molecule has 66 valence electrons. The minimum atomic E-state index is -1.30. The van der Waals surface area contributed by atoms with E-state index in [0.29, 0.717) is 10.5 Å². The fourth-order valence-electron chi connectivity index (χ4n) is 1.13. The van der Waals surface area contributed by atoms with Crippen LogP contribution in [-0.2, 0) is 5.67 Å². The third-order valence-electron chi connectivity index (χ3n) is 1.79. The molecule has 1 rings (SSSR count). The highest BCUT2D eigenvalue weighted by Crippen LogP contribution is 2.30. The lowest BCUT2D eigenvalue weighted by atomic mass is 9.98. The van der Waals surface area contributed by atoms with Crippen LogP contribution < -0.4 is 0 Å². The molecule has 0 fully saturated rings. The minimum absolute atomic E-state index is 0.658. The average molecular weight is 184 g/mol. The number of benzene rings is 1. The molecule has 0 N–H and O–H groups in total. The summed E-state index contributed by atoms with van der Waals surface area (Å²) < 4.78 is 13.5. The maximum atomic E-state index is 13.5. The van der Waals surface area contributed by atoms with Gasteiger partial charge in [0.2, 0.25) is 0 Å². The van der Waals surface area contributed by atoms with E-state index in [1.807, 2.05) is 25.1 Å². The zero-order valence-corrected chi connectivity index (χ0v) is 8.45. The topological polar surface area (TPSA) is 0 Å². The van der Waals surface area contributed by atoms with Crippen LogP contribution in [0.5, 0.6) is 0 Å². The molecule has 0 aliphatic carbocycles. The summed E-state index contributed by atoms with van der Waals surface area (Å²) in [6.07, 6.45) is 0. The molecule has 0 radical (unpaired) electrons. The predicted octanol–water partition coefficient (Wildman–Crippen LogP) is 3.49. The molecule has 0 amide bonds. The van der Waals surface area contributed by atoms with Gasteiger partial charge in [0.15, 0.2) is 0 Å².